The Morgan fingerprint density at radius 1 is 1.11 bits per heavy atom. The van der Waals surface area contributed by atoms with Crippen LogP contribution in [0.25, 0.3) is 15.9 Å². The number of hydrogen-bond donors (Lipinski definition) is 0. The molecule has 0 radical (unpaired) electrons. The Morgan fingerprint density at radius 3 is 2.36 bits per heavy atom. The summed E-state index contributed by atoms with van der Waals surface area (Å²) in [7, 11) is -3.51. The largest absolute Gasteiger partial charge is 0.450 e. The number of thiophene rings is 1. The molecule has 0 aliphatic heterocycles. The summed E-state index contributed by atoms with van der Waals surface area (Å²) in [6, 6.07) is 4.76. The van der Waals surface area contributed by atoms with Gasteiger partial charge in [-0.3, -0.25) is 9.36 Å². The standard InChI is InChI=1S/C18H15F3N2O3S2/c1-28(25,26)11-8-6-10(7-9-11)23-16(24)14-12-4-2-3-5-13(12)27-15(14)22-17(23)18(19,20)21/h6-9H,2-5H2,1H3. The zero-order chi connectivity index (χ0) is 20.3. The topological polar surface area (TPSA) is 69.0 Å². The number of nitrogens with zero attached hydrogens (tertiary/aromatic N) is 2. The van der Waals surface area contributed by atoms with Gasteiger partial charge in [0.05, 0.1) is 16.0 Å². The summed E-state index contributed by atoms with van der Waals surface area (Å²) in [5.41, 5.74) is -0.0577. The highest BCUT2D eigenvalue weighted by Crippen LogP contribution is 2.36. The molecule has 4 rings (SSSR count). The Labute approximate surface area is 162 Å². The van der Waals surface area contributed by atoms with E-state index in [1.165, 1.54) is 24.3 Å². The predicted octanol–water partition coefficient (Wildman–Crippen LogP) is 3.75. The van der Waals surface area contributed by atoms with Crippen LogP contribution in [0.1, 0.15) is 29.1 Å². The van der Waals surface area contributed by atoms with Gasteiger partial charge < -0.3 is 0 Å². The van der Waals surface area contributed by atoms with E-state index in [1.54, 1.807) is 0 Å². The van der Waals surface area contributed by atoms with Gasteiger partial charge in [0, 0.05) is 11.1 Å². The third-order valence-electron chi connectivity index (χ3n) is 4.77. The third-order valence-corrected chi connectivity index (χ3v) is 7.08. The van der Waals surface area contributed by atoms with Crippen LogP contribution in [0.4, 0.5) is 13.2 Å². The van der Waals surface area contributed by atoms with Crippen LogP contribution in [0.3, 0.4) is 0 Å². The van der Waals surface area contributed by atoms with E-state index < -0.39 is 27.4 Å². The van der Waals surface area contributed by atoms with Gasteiger partial charge in [0.2, 0.25) is 5.82 Å². The lowest BCUT2D eigenvalue weighted by Gasteiger charge is -2.15. The average molecular weight is 428 g/mol. The first kappa shape index (κ1) is 19.1. The van der Waals surface area contributed by atoms with Crippen LogP contribution < -0.4 is 5.56 Å². The fourth-order valence-corrected chi connectivity index (χ4v) is 5.36. The maximum Gasteiger partial charge on any atom is 0.450 e. The second-order valence-electron chi connectivity index (χ2n) is 6.73. The van der Waals surface area contributed by atoms with Crippen LogP contribution in [0.15, 0.2) is 34.0 Å². The van der Waals surface area contributed by atoms with Gasteiger partial charge in [-0.1, -0.05) is 0 Å². The van der Waals surface area contributed by atoms with Gasteiger partial charge in [0.1, 0.15) is 4.83 Å². The van der Waals surface area contributed by atoms with Crippen molar-refractivity contribution in [1.82, 2.24) is 9.55 Å². The normalized spacial score (nSPS) is 15.0. The highest BCUT2D eigenvalue weighted by molar-refractivity contribution is 7.90. The van der Waals surface area contributed by atoms with Crippen LogP contribution in [-0.4, -0.2) is 24.2 Å². The van der Waals surface area contributed by atoms with Gasteiger partial charge in [-0.2, -0.15) is 13.2 Å². The highest BCUT2D eigenvalue weighted by atomic mass is 32.2. The van der Waals surface area contributed by atoms with Crippen LogP contribution in [-0.2, 0) is 28.9 Å². The molecule has 0 amide bonds. The minimum atomic E-state index is -4.84. The quantitative estimate of drug-likeness (QED) is 0.624. The van der Waals surface area contributed by atoms with Gasteiger partial charge >= 0.3 is 6.18 Å². The van der Waals surface area contributed by atoms with Crippen molar-refractivity contribution in [2.45, 2.75) is 36.8 Å². The summed E-state index contributed by atoms with van der Waals surface area (Å²) in [4.78, 5) is 17.9. The molecule has 0 bridgehead atoms. The Hall–Kier alpha value is -2.20. The number of aryl methyl sites for hydroxylation is 2. The van der Waals surface area contributed by atoms with Crippen molar-refractivity contribution in [2.75, 3.05) is 6.26 Å². The first-order chi connectivity index (χ1) is 13.1. The summed E-state index contributed by atoms with van der Waals surface area (Å²) in [5.74, 6) is -1.31. The molecule has 0 saturated heterocycles. The average Bonchev–Trinajstić information content (AvgIpc) is 2.99. The Bertz CT molecular complexity index is 1240. The van der Waals surface area contributed by atoms with Crippen LogP contribution >= 0.6 is 11.3 Å². The molecule has 0 spiro atoms. The van der Waals surface area contributed by atoms with Gasteiger partial charge in [-0.25, -0.2) is 13.4 Å². The van der Waals surface area contributed by atoms with Crippen molar-refractivity contribution >= 4 is 31.4 Å². The minimum absolute atomic E-state index is 0.0418. The molecule has 0 N–H and O–H groups in total. The van der Waals surface area contributed by atoms with Gasteiger partial charge in [-0.05, 0) is 55.5 Å². The molecule has 148 valence electrons. The minimum Gasteiger partial charge on any atom is -0.268 e. The fraction of sp³-hybridized carbons (Fsp3) is 0.333. The van der Waals surface area contributed by atoms with Gasteiger partial charge in [-0.15, -0.1) is 11.3 Å². The number of hydrogen-bond acceptors (Lipinski definition) is 5. The summed E-state index contributed by atoms with van der Waals surface area (Å²) < 4.78 is 64.8. The smallest absolute Gasteiger partial charge is 0.268 e. The molecule has 2 heterocycles. The lowest BCUT2D eigenvalue weighted by atomic mass is 9.97. The van der Waals surface area contributed by atoms with Gasteiger partial charge in [0.25, 0.3) is 5.56 Å². The van der Waals surface area contributed by atoms with Crippen molar-refractivity contribution in [3.63, 3.8) is 0 Å². The van der Waals surface area contributed by atoms with E-state index in [0.717, 1.165) is 47.3 Å². The number of fused-ring (bicyclic) bond motifs is 3. The summed E-state index contributed by atoms with van der Waals surface area (Å²) in [6.45, 7) is 0. The first-order valence-electron chi connectivity index (χ1n) is 8.52. The Kier molecular flexibility index (Phi) is 4.38. The molecule has 5 nitrogen and oxygen atoms in total. The first-order valence-corrected chi connectivity index (χ1v) is 11.2. The fourth-order valence-electron chi connectivity index (χ4n) is 3.48. The van der Waals surface area contributed by atoms with E-state index in [2.05, 4.69) is 4.98 Å². The van der Waals surface area contributed by atoms with Crippen molar-refractivity contribution in [1.29, 1.82) is 0 Å². The summed E-state index contributed by atoms with van der Waals surface area (Å²) in [6.07, 6.45) is -0.645. The van der Waals surface area contributed by atoms with E-state index >= 15 is 0 Å². The lowest BCUT2D eigenvalue weighted by molar-refractivity contribution is -0.146. The molecule has 3 aromatic rings. The Balaban J connectivity index is 2.03. The van der Waals surface area contributed by atoms with E-state index in [4.69, 9.17) is 0 Å². The van der Waals surface area contributed by atoms with E-state index in [9.17, 15) is 26.4 Å². The predicted molar refractivity (Wildman–Crippen MR) is 100.0 cm³/mol. The molecule has 2 aromatic heterocycles. The third kappa shape index (κ3) is 3.14. The molecule has 0 saturated carbocycles. The molecule has 0 fully saturated rings. The molecule has 10 heteroatoms. The second kappa shape index (κ2) is 6.41. The van der Waals surface area contributed by atoms with Crippen LogP contribution in [0.5, 0.6) is 0 Å². The molecule has 28 heavy (non-hydrogen) atoms. The van der Waals surface area contributed by atoms with E-state index in [1.807, 2.05) is 0 Å². The van der Waals surface area contributed by atoms with Crippen LogP contribution in [0.2, 0.25) is 0 Å². The highest BCUT2D eigenvalue weighted by Gasteiger charge is 2.38. The SMILES string of the molecule is CS(=O)(=O)c1ccc(-n2c(C(F)(F)F)nc3sc4c(c3c2=O)CCCC4)cc1. The Morgan fingerprint density at radius 2 is 1.75 bits per heavy atom. The number of sulfone groups is 1. The maximum absolute atomic E-state index is 13.7. The van der Waals surface area contributed by atoms with Crippen molar-refractivity contribution in [3.8, 4) is 5.69 Å². The molecule has 1 aliphatic rings. The molecule has 1 aromatic carbocycles. The molecule has 0 unspecified atom stereocenters. The van der Waals surface area contributed by atoms with E-state index in [-0.39, 0.29) is 20.8 Å². The van der Waals surface area contributed by atoms with Crippen molar-refractivity contribution in [3.05, 3.63) is 50.9 Å². The van der Waals surface area contributed by atoms with Gasteiger partial charge in [0.15, 0.2) is 9.84 Å². The lowest BCUT2D eigenvalue weighted by Crippen LogP contribution is -2.29. The molecular weight excluding hydrogens is 413 g/mol. The zero-order valence-corrected chi connectivity index (χ0v) is 16.3. The van der Waals surface area contributed by atoms with Crippen molar-refractivity contribution < 1.29 is 21.6 Å². The summed E-state index contributed by atoms with van der Waals surface area (Å²) >= 11 is 1.15. The number of alkyl halides is 3. The number of halogens is 3. The molecule has 1 aliphatic carbocycles. The van der Waals surface area contributed by atoms with Crippen molar-refractivity contribution in [2.24, 2.45) is 0 Å². The van der Waals surface area contributed by atoms with Crippen LogP contribution in [0, 0.1) is 0 Å². The van der Waals surface area contributed by atoms with E-state index in [0.29, 0.717) is 11.0 Å². The number of benzene rings is 1. The monoisotopic (exact) mass is 428 g/mol. The number of aromatic nitrogens is 2. The second-order valence-corrected chi connectivity index (χ2v) is 9.83. The number of rotatable bonds is 2. The summed E-state index contributed by atoms with van der Waals surface area (Å²) in [5, 5.41) is 0.236. The molecule has 0 atom stereocenters. The molecular formula is C18H15F3N2O3S2. The zero-order valence-electron chi connectivity index (χ0n) is 14.7. The maximum atomic E-state index is 13.7.